The largest absolute Gasteiger partial charge is 0.459 e. The lowest BCUT2D eigenvalue weighted by atomic mass is 10.4. The second-order valence-electron chi connectivity index (χ2n) is 2.35. The molecule has 0 atom stereocenters. The highest BCUT2D eigenvalue weighted by molar-refractivity contribution is 5.87. The molecule has 0 amide bonds. The van der Waals surface area contributed by atoms with Gasteiger partial charge >= 0.3 is 5.97 Å². The summed E-state index contributed by atoms with van der Waals surface area (Å²) in [6.45, 7) is 0.281. The molecule has 0 aliphatic rings. The normalized spacial score (nSPS) is 9.14. The Balaban J connectivity index is 2.32. The average molecular weight is 195 g/mol. The van der Waals surface area contributed by atoms with Crippen molar-refractivity contribution >= 4 is 5.97 Å². The van der Waals surface area contributed by atoms with E-state index in [2.05, 4.69) is 15.7 Å². The van der Waals surface area contributed by atoms with Gasteiger partial charge in [-0.2, -0.15) is 0 Å². The third-order valence-corrected chi connectivity index (χ3v) is 1.39. The van der Waals surface area contributed by atoms with E-state index in [1.807, 2.05) is 0 Å². The molecule has 6 heteroatoms. The summed E-state index contributed by atoms with van der Waals surface area (Å²) >= 11 is 0. The van der Waals surface area contributed by atoms with Crippen LogP contribution < -0.4 is 5.43 Å². The van der Waals surface area contributed by atoms with Crippen LogP contribution in [0.3, 0.4) is 0 Å². The molecule has 1 aromatic rings. The maximum Gasteiger partial charge on any atom is 0.356 e. The van der Waals surface area contributed by atoms with E-state index in [0.29, 0.717) is 0 Å². The van der Waals surface area contributed by atoms with Crippen molar-refractivity contribution < 1.29 is 9.53 Å². The minimum atomic E-state index is -0.515. The summed E-state index contributed by atoms with van der Waals surface area (Å²) in [4.78, 5) is 24.6. The van der Waals surface area contributed by atoms with Crippen LogP contribution in [0.25, 0.3) is 0 Å². The maximum atomic E-state index is 11.2. The van der Waals surface area contributed by atoms with Crippen molar-refractivity contribution in [3.05, 3.63) is 35.0 Å². The number of ether oxygens (including phenoxy) is 1. The van der Waals surface area contributed by atoms with E-state index in [9.17, 15) is 9.70 Å². The molecule has 1 rings (SSSR count). The summed E-state index contributed by atoms with van der Waals surface area (Å²) in [6, 6.07) is 4.94. The zero-order valence-corrected chi connectivity index (χ0v) is 7.34. The second-order valence-corrected chi connectivity index (χ2v) is 2.35. The van der Waals surface area contributed by atoms with E-state index in [1.54, 1.807) is 18.2 Å². The number of nitroso groups, excluding NO2 is 1. The highest BCUT2D eigenvalue weighted by atomic mass is 16.5. The van der Waals surface area contributed by atoms with Crippen molar-refractivity contribution in [2.45, 2.75) is 0 Å². The first kappa shape index (κ1) is 10.1. The van der Waals surface area contributed by atoms with E-state index in [0.717, 1.165) is 0 Å². The third-order valence-electron chi connectivity index (χ3n) is 1.39. The predicted octanol–water partition coefficient (Wildman–Crippen LogP) is 0.509. The van der Waals surface area contributed by atoms with Crippen LogP contribution in [0.5, 0.6) is 0 Å². The Morgan fingerprint density at radius 2 is 2.43 bits per heavy atom. The van der Waals surface area contributed by atoms with Crippen molar-refractivity contribution in [1.82, 2.24) is 10.4 Å². The quantitative estimate of drug-likeness (QED) is 0.320. The van der Waals surface area contributed by atoms with Gasteiger partial charge < -0.3 is 4.74 Å². The molecule has 0 aliphatic heterocycles. The molecule has 0 spiro atoms. The van der Waals surface area contributed by atoms with Gasteiger partial charge in [-0.05, 0) is 12.1 Å². The lowest BCUT2D eigenvalue weighted by molar-refractivity contribution is 0.0502. The van der Waals surface area contributed by atoms with E-state index >= 15 is 0 Å². The fourth-order valence-electron chi connectivity index (χ4n) is 0.792. The smallest absolute Gasteiger partial charge is 0.356 e. The molecule has 74 valence electrons. The van der Waals surface area contributed by atoms with Crippen LogP contribution in [0.1, 0.15) is 10.5 Å². The Kier molecular flexibility index (Phi) is 4.06. The van der Waals surface area contributed by atoms with Gasteiger partial charge in [0.25, 0.3) is 0 Å². The SMILES string of the molecule is O=NNCCOC(=O)c1ccccn1. The number of hydrogen-bond donors (Lipinski definition) is 1. The molecule has 1 heterocycles. The average Bonchev–Trinajstić information content (AvgIpc) is 2.25. The van der Waals surface area contributed by atoms with E-state index in [-0.39, 0.29) is 18.8 Å². The van der Waals surface area contributed by atoms with Crippen LogP contribution in [-0.4, -0.2) is 24.1 Å². The molecule has 0 radical (unpaired) electrons. The van der Waals surface area contributed by atoms with Gasteiger partial charge in [0.1, 0.15) is 12.3 Å². The minimum Gasteiger partial charge on any atom is -0.459 e. The fourth-order valence-corrected chi connectivity index (χ4v) is 0.792. The van der Waals surface area contributed by atoms with Gasteiger partial charge in [-0.1, -0.05) is 6.07 Å². The highest BCUT2D eigenvalue weighted by Gasteiger charge is 2.06. The van der Waals surface area contributed by atoms with Crippen molar-refractivity contribution in [2.24, 2.45) is 5.29 Å². The Morgan fingerprint density at radius 3 is 3.07 bits per heavy atom. The summed E-state index contributed by atoms with van der Waals surface area (Å²) in [6.07, 6.45) is 1.50. The van der Waals surface area contributed by atoms with Gasteiger partial charge in [-0.25, -0.2) is 9.78 Å². The molecule has 0 saturated carbocycles. The Bertz CT molecular complexity index is 302. The second kappa shape index (κ2) is 5.63. The summed E-state index contributed by atoms with van der Waals surface area (Å²) in [5.74, 6) is -0.515. The number of carbonyl (C=O) groups excluding carboxylic acids is 1. The van der Waals surface area contributed by atoms with Gasteiger partial charge in [0.2, 0.25) is 0 Å². The van der Waals surface area contributed by atoms with Crippen LogP contribution in [0.4, 0.5) is 0 Å². The van der Waals surface area contributed by atoms with E-state index in [1.165, 1.54) is 6.20 Å². The number of nitrogens with one attached hydrogen (secondary N) is 1. The topological polar surface area (TPSA) is 80.6 Å². The van der Waals surface area contributed by atoms with Crippen LogP contribution in [-0.2, 0) is 4.74 Å². The molecule has 0 saturated heterocycles. The molecule has 6 nitrogen and oxygen atoms in total. The number of carbonyl (C=O) groups is 1. The zero-order valence-electron chi connectivity index (χ0n) is 7.34. The van der Waals surface area contributed by atoms with Crippen LogP contribution >= 0.6 is 0 Å². The predicted molar refractivity (Wildman–Crippen MR) is 48.3 cm³/mol. The zero-order chi connectivity index (χ0) is 10.2. The molecular weight excluding hydrogens is 186 g/mol. The number of esters is 1. The first-order valence-electron chi connectivity index (χ1n) is 3.98. The van der Waals surface area contributed by atoms with Crippen LogP contribution in [0.2, 0.25) is 0 Å². The molecular formula is C8H9N3O3. The van der Waals surface area contributed by atoms with Crippen molar-refractivity contribution in [1.29, 1.82) is 0 Å². The van der Waals surface area contributed by atoms with Gasteiger partial charge in [-0.3, -0.25) is 5.43 Å². The first-order valence-corrected chi connectivity index (χ1v) is 3.98. The molecule has 0 unspecified atom stereocenters. The lowest BCUT2D eigenvalue weighted by Gasteiger charge is -2.01. The molecule has 14 heavy (non-hydrogen) atoms. The number of nitrogens with zero attached hydrogens (tertiary/aromatic N) is 2. The molecule has 0 aliphatic carbocycles. The maximum absolute atomic E-state index is 11.2. The fraction of sp³-hybridized carbons (Fsp3) is 0.250. The molecule has 0 aromatic carbocycles. The summed E-state index contributed by atoms with van der Waals surface area (Å²) in [7, 11) is 0. The van der Waals surface area contributed by atoms with Gasteiger partial charge in [0.15, 0.2) is 0 Å². The lowest BCUT2D eigenvalue weighted by Crippen LogP contribution is -2.17. The highest BCUT2D eigenvalue weighted by Crippen LogP contribution is 1.95. The third kappa shape index (κ3) is 3.18. The summed E-state index contributed by atoms with van der Waals surface area (Å²) in [5, 5.41) is 2.40. The number of hydrogen-bond acceptors (Lipinski definition) is 5. The van der Waals surface area contributed by atoms with Crippen molar-refractivity contribution in [3.8, 4) is 0 Å². The minimum absolute atomic E-state index is 0.0845. The van der Waals surface area contributed by atoms with Crippen LogP contribution in [0, 0.1) is 4.91 Å². The Labute approximate surface area is 80.2 Å². The summed E-state index contributed by atoms with van der Waals surface area (Å²) in [5.41, 5.74) is 2.37. The molecule has 1 aromatic heterocycles. The van der Waals surface area contributed by atoms with Gasteiger partial charge in [0.05, 0.1) is 6.54 Å². The number of aromatic nitrogens is 1. The monoisotopic (exact) mass is 195 g/mol. The standard InChI is InChI=1S/C8H9N3O3/c12-8(14-6-5-10-11-13)7-3-1-2-4-9-7/h1-4H,5-6H2,(H,10,13). The van der Waals surface area contributed by atoms with Crippen molar-refractivity contribution in [2.75, 3.05) is 13.2 Å². The molecule has 1 N–H and O–H groups in total. The Morgan fingerprint density at radius 1 is 1.57 bits per heavy atom. The molecule has 0 fully saturated rings. The van der Waals surface area contributed by atoms with E-state index in [4.69, 9.17) is 4.74 Å². The molecule has 0 bridgehead atoms. The Hall–Kier alpha value is -1.98. The summed E-state index contributed by atoms with van der Waals surface area (Å²) < 4.78 is 4.77. The number of pyridine rings is 1. The van der Waals surface area contributed by atoms with Gasteiger partial charge in [0, 0.05) is 11.5 Å². The van der Waals surface area contributed by atoms with E-state index < -0.39 is 5.97 Å². The van der Waals surface area contributed by atoms with Crippen LogP contribution in [0.15, 0.2) is 29.7 Å². The van der Waals surface area contributed by atoms with Crippen molar-refractivity contribution in [3.63, 3.8) is 0 Å². The van der Waals surface area contributed by atoms with Gasteiger partial charge in [-0.15, -0.1) is 4.91 Å². The number of rotatable bonds is 5. The first-order chi connectivity index (χ1) is 6.84.